The summed E-state index contributed by atoms with van der Waals surface area (Å²) >= 11 is 0. The fraction of sp³-hybridized carbons (Fsp3) is 0.312. The van der Waals surface area contributed by atoms with Gasteiger partial charge in [0.05, 0.1) is 19.0 Å². The van der Waals surface area contributed by atoms with Crippen molar-refractivity contribution in [1.29, 1.82) is 0 Å². The Morgan fingerprint density at radius 2 is 2.00 bits per heavy atom. The van der Waals surface area contributed by atoms with Crippen LogP contribution in [0.2, 0.25) is 0 Å². The minimum absolute atomic E-state index is 0. The number of halogens is 1. The van der Waals surface area contributed by atoms with Gasteiger partial charge in [0.15, 0.2) is 0 Å². The molecule has 7 heteroatoms. The Kier molecular flexibility index (Phi) is 5.52. The lowest BCUT2D eigenvalue weighted by molar-refractivity contribution is 0.0905. The molecule has 0 saturated heterocycles. The number of pyridine rings is 2. The van der Waals surface area contributed by atoms with Crippen molar-refractivity contribution in [3.8, 4) is 17.0 Å². The molecule has 3 N–H and O–H groups in total. The molecule has 0 aliphatic heterocycles. The highest BCUT2D eigenvalue weighted by molar-refractivity contribution is 5.92. The average molecular weight is 335 g/mol. The van der Waals surface area contributed by atoms with Crippen LogP contribution < -0.4 is 15.8 Å². The van der Waals surface area contributed by atoms with E-state index in [0.29, 0.717) is 11.4 Å². The van der Waals surface area contributed by atoms with Crippen LogP contribution in [-0.4, -0.2) is 35.1 Å². The molecule has 2 aromatic heterocycles. The van der Waals surface area contributed by atoms with E-state index in [4.69, 9.17) is 10.5 Å². The zero-order valence-electron chi connectivity index (χ0n) is 12.7. The smallest absolute Gasteiger partial charge is 0.270 e. The number of nitrogens with two attached hydrogens (primary N) is 1. The molecule has 1 aliphatic rings. The number of rotatable bonds is 4. The van der Waals surface area contributed by atoms with Crippen LogP contribution in [0, 0.1) is 0 Å². The number of nitrogens with zero attached hydrogens (tertiary/aromatic N) is 2. The minimum atomic E-state index is -0.161. The van der Waals surface area contributed by atoms with Crippen molar-refractivity contribution >= 4 is 18.3 Å². The van der Waals surface area contributed by atoms with Gasteiger partial charge in [0.1, 0.15) is 11.4 Å². The van der Waals surface area contributed by atoms with Gasteiger partial charge >= 0.3 is 0 Å². The second-order valence-corrected chi connectivity index (χ2v) is 5.42. The van der Waals surface area contributed by atoms with Crippen LogP contribution in [0.4, 0.5) is 0 Å². The van der Waals surface area contributed by atoms with E-state index < -0.39 is 0 Å². The molecule has 0 spiro atoms. The first kappa shape index (κ1) is 17.2. The number of methoxy groups -OCH3 is 1. The maximum Gasteiger partial charge on any atom is 0.270 e. The molecule has 23 heavy (non-hydrogen) atoms. The van der Waals surface area contributed by atoms with Crippen LogP contribution in [0.25, 0.3) is 11.3 Å². The van der Waals surface area contributed by atoms with Gasteiger partial charge in [-0.15, -0.1) is 12.4 Å². The first-order chi connectivity index (χ1) is 10.7. The van der Waals surface area contributed by atoms with E-state index in [9.17, 15) is 4.79 Å². The Bertz CT molecular complexity index is 655. The number of amides is 1. The lowest BCUT2D eigenvalue weighted by Crippen LogP contribution is -2.50. The number of ether oxygens (including phenoxy) is 1. The summed E-state index contributed by atoms with van der Waals surface area (Å²) in [6.07, 6.45) is 4.96. The maximum atomic E-state index is 12.0. The van der Waals surface area contributed by atoms with Crippen LogP contribution >= 0.6 is 12.4 Å². The van der Waals surface area contributed by atoms with Gasteiger partial charge in [-0.3, -0.25) is 14.8 Å². The van der Waals surface area contributed by atoms with E-state index in [-0.39, 0.29) is 30.4 Å². The summed E-state index contributed by atoms with van der Waals surface area (Å²) < 4.78 is 5.08. The largest absolute Gasteiger partial charge is 0.495 e. The normalized spacial score (nSPS) is 19.2. The maximum absolute atomic E-state index is 12.0. The standard InChI is InChI=1S/C16H18N4O2.ClH/c1-22-13-3-5-14(19-9-13)10-2-4-15(18-8-10)16(21)20-12-6-11(17)7-12;/h2-5,8-9,11-12H,6-7,17H2,1H3,(H,20,21);1H/t11-,12+;. The van der Waals surface area contributed by atoms with Gasteiger partial charge in [-0.1, -0.05) is 0 Å². The fourth-order valence-corrected chi connectivity index (χ4v) is 2.39. The molecule has 2 aromatic rings. The summed E-state index contributed by atoms with van der Waals surface area (Å²) in [7, 11) is 1.60. The van der Waals surface area contributed by atoms with Crippen molar-refractivity contribution in [2.45, 2.75) is 24.9 Å². The molecule has 1 amide bonds. The first-order valence-electron chi connectivity index (χ1n) is 7.18. The number of nitrogens with one attached hydrogen (secondary N) is 1. The molecule has 0 atom stereocenters. The molecule has 2 heterocycles. The summed E-state index contributed by atoms with van der Waals surface area (Å²) in [5.41, 5.74) is 7.74. The second kappa shape index (κ2) is 7.39. The number of carbonyl (C=O) groups is 1. The highest BCUT2D eigenvalue weighted by Gasteiger charge is 2.27. The third-order valence-corrected chi connectivity index (χ3v) is 3.77. The van der Waals surface area contributed by atoms with E-state index in [1.54, 1.807) is 25.6 Å². The van der Waals surface area contributed by atoms with E-state index in [2.05, 4.69) is 15.3 Å². The predicted molar refractivity (Wildman–Crippen MR) is 89.7 cm³/mol. The van der Waals surface area contributed by atoms with Gasteiger partial charge in [0.25, 0.3) is 5.91 Å². The predicted octanol–water partition coefficient (Wildman–Crippen LogP) is 1.79. The SMILES string of the molecule is COc1ccc(-c2ccc(C(=O)N[C@H]3C[C@@H](N)C3)nc2)nc1.Cl. The van der Waals surface area contributed by atoms with E-state index >= 15 is 0 Å². The number of carbonyl (C=O) groups excluding carboxylic acids is 1. The van der Waals surface area contributed by atoms with Gasteiger partial charge in [0.2, 0.25) is 0 Å². The molecule has 1 fully saturated rings. The highest BCUT2D eigenvalue weighted by atomic mass is 35.5. The van der Waals surface area contributed by atoms with Crippen LogP contribution in [0.3, 0.4) is 0 Å². The Balaban J connectivity index is 0.00000192. The molecule has 6 nitrogen and oxygen atoms in total. The third kappa shape index (κ3) is 3.97. The molecule has 1 saturated carbocycles. The van der Waals surface area contributed by atoms with Crippen LogP contribution in [0.1, 0.15) is 23.3 Å². The van der Waals surface area contributed by atoms with E-state index in [0.717, 1.165) is 24.1 Å². The third-order valence-electron chi connectivity index (χ3n) is 3.77. The van der Waals surface area contributed by atoms with Crippen molar-refractivity contribution in [1.82, 2.24) is 15.3 Å². The zero-order valence-corrected chi connectivity index (χ0v) is 13.5. The van der Waals surface area contributed by atoms with Crippen LogP contribution in [0.5, 0.6) is 5.75 Å². The quantitative estimate of drug-likeness (QED) is 0.889. The van der Waals surface area contributed by atoms with E-state index in [1.165, 1.54) is 0 Å². The number of hydrogen-bond donors (Lipinski definition) is 2. The Labute approximate surface area is 140 Å². The minimum Gasteiger partial charge on any atom is -0.495 e. The molecule has 0 aromatic carbocycles. The van der Waals surface area contributed by atoms with Gasteiger partial charge in [-0.05, 0) is 37.1 Å². The molecular weight excluding hydrogens is 316 g/mol. The summed E-state index contributed by atoms with van der Waals surface area (Å²) in [5, 5.41) is 2.92. The van der Waals surface area contributed by atoms with Crippen molar-refractivity contribution in [3.05, 3.63) is 42.4 Å². The molecule has 1 aliphatic carbocycles. The molecule has 122 valence electrons. The molecule has 0 unspecified atom stereocenters. The van der Waals surface area contributed by atoms with Crippen molar-refractivity contribution in [3.63, 3.8) is 0 Å². The Morgan fingerprint density at radius 3 is 2.52 bits per heavy atom. The molecule has 0 radical (unpaired) electrons. The lowest BCUT2D eigenvalue weighted by atomic mass is 9.87. The lowest BCUT2D eigenvalue weighted by Gasteiger charge is -2.32. The monoisotopic (exact) mass is 334 g/mol. The average Bonchev–Trinajstić information content (AvgIpc) is 2.53. The summed E-state index contributed by atoms with van der Waals surface area (Å²) in [5.74, 6) is 0.539. The Hall–Kier alpha value is -2.18. The van der Waals surface area contributed by atoms with Gasteiger partial charge in [0, 0.05) is 23.8 Å². The van der Waals surface area contributed by atoms with Gasteiger partial charge in [-0.25, -0.2) is 0 Å². The first-order valence-corrected chi connectivity index (χ1v) is 7.18. The summed E-state index contributed by atoms with van der Waals surface area (Å²) in [6.45, 7) is 0. The molecule has 0 bridgehead atoms. The van der Waals surface area contributed by atoms with Gasteiger partial charge < -0.3 is 15.8 Å². The van der Waals surface area contributed by atoms with Crippen LogP contribution in [-0.2, 0) is 0 Å². The summed E-state index contributed by atoms with van der Waals surface area (Å²) in [4.78, 5) is 20.5. The Morgan fingerprint density at radius 1 is 1.22 bits per heavy atom. The molecular formula is C16H19ClN4O2. The molecule has 3 rings (SSSR count). The van der Waals surface area contributed by atoms with Gasteiger partial charge in [-0.2, -0.15) is 0 Å². The van der Waals surface area contributed by atoms with Crippen molar-refractivity contribution < 1.29 is 9.53 Å². The van der Waals surface area contributed by atoms with E-state index in [1.807, 2.05) is 18.2 Å². The van der Waals surface area contributed by atoms with Crippen molar-refractivity contribution in [2.24, 2.45) is 5.73 Å². The fourth-order valence-electron chi connectivity index (χ4n) is 2.39. The number of hydrogen-bond acceptors (Lipinski definition) is 5. The zero-order chi connectivity index (χ0) is 15.5. The van der Waals surface area contributed by atoms with Crippen LogP contribution in [0.15, 0.2) is 36.7 Å². The topological polar surface area (TPSA) is 90.1 Å². The second-order valence-electron chi connectivity index (χ2n) is 5.42. The highest BCUT2D eigenvalue weighted by Crippen LogP contribution is 2.20. The number of aromatic nitrogens is 2. The summed E-state index contributed by atoms with van der Waals surface area (Å²) in [6, 6.07) is 7.61. The van der Waals surface area contributed by atoms with Crippen molar-refractivity contribution in [2.75, 3.05) is 7.11 Å².